The van der Waals surface area contributed by atoms with Crippen LogP contribution in [0.3, 0.4) is 0 Å². The largest absolute Gasteiger partial charge is 0.450 e. The minimum Gasteiger partial charge on any atom is -0.450 e. The van der Waals surface area contributed by atoms with Crippen LogP contribution in [0.1, 0.15) is 23.6 Å². The lowest BCUT2D eigenvalue weighted by Crippen LogP contribution is -2.30. The predicted molar refractivity (Wildman–Crippen MR) is 97.4 cm³/mol. The first-order chi connectivity index (χ1) is 11.6. The molecule has 1 aliphatic rings. The van der Waals surface area contributed by atoms with Crippen molar-refractivity contribution in [2.75, 3.05) is 29.1 Å². The molecule has 0 bridgehead atoms. The van der Waals surface area contributed by atoms with Gasteiger partial charge in [-0.2, -0.15) is 0 Å². The molecule has 3 N–H and O–H groups in total. The van der Waals surface area contributed by atoms with E-state index in [4.69, 9.17) is 10.5 Å². The van der Waals surface area contributed by atoms with Crippen LogP contribution in [-0.4, -0.2) is 19.2 Å². The van der Waals surface area contributed by atoms with Crippen LogP contribution in [0.4, 0.5) is 21.9 Å². The number of fused-ring (bicyclic) bond motifs is 1. The van der Waals surface area contributed by atoms with Crippen LogP contribution in [0.25, 0.3) is 0 Å². The fraction of sp³-hybridized carbons (Fsp3) is 0.316. The second kappa shape index (κ2) is 6.83. The number of nitrogen functional groups attached to an aromatic ring is 1. The van der Waals surface area contributed by atoms with Crippen LogP contribution in [0.5, 0.6) is 0 Å². The predicted octanol–water partition coefficient (Wildman–Crippen LogP) is 3.71. The zero-order valence-corrected chi connectivity index (χ0v) is 14.1. The molecule has 0 saturated heterocycles. The molecule has 5 heteroatoms. The zero-order valence-electron chi connectivity index (χ0n) is 14.1. The molecule has 1 amide bonds. The van der Waals surface area contributed by atoms with Crippen molar-refractivity contribution in [3.8, 4) is 0 Å². The van der Waals surface area contributed by atoms with Gasteiger partial charge in [0.1, 0.15) is 0 Å². The van der Waals surface area contributed by atoms with E-state index in [1.807, 2.05) is 18.2 Å². The average Bonchev–Trinajstić information content (AvgIpc) is 2.56. The van der Waals surface area contributed by atoms with Crippen molar-refractivity contribution in [3.63, 3.8) is 0 Å². The van der Waals surface area contributed by atoms with Crippen molar-refractivity contribution in [1.82, 2.24) is 0 Å². The van der Waals surface area contributed by atoms with Crippen molar-refractivity contribution < 1.29 is 9.53 Å². The number of anilines is 3. The quantitative estimate of drug-likeness (QED) is 0.844. The SMILES string of the molecule is CCOC(=O)Nc1ccc(N2CCc3cc(C)ccc3C2)cc1N. The lowest BCUT2D eigenvalue weighted by Gasteiger charge is -2.31. The minimum absolute atomic E-state index is 0.330. The Balaban J connectivity index is 1.75. The molecular weight excluding hydrogens is 302 g/mol. The van der Waals surface area contributed by atoms with Gasteiger partial charge >= 0.3 is 6.09 Å². The van der Waals surface area contributed by atoms with E-state index in [0.29, 0.717) is 18.0 Å². The first kappa shape index (κ1) is 16.2. The van der Waals surface area contributed by atoms with E-state index in [1.54, 1.807) is 6.92 Å². The van der Waals surface area contributed by atoms with Gasteiger partial charge in [0.25, 0.3) is 0 Å². The number of carbonyl (C=O) groups is 1. The summed E-state index contributed by atoms with van der Waals surface area (Å²) in [6.07, 6.45) is 0.541. The van der Waals surface area contributed by atoms with E-state index < -0.39 is 6.09 Å². The molecule has 5 nitrogen and oxygen atoms in total. The van der Waals surface area contributed by atoms with Crippen molar-refractivity contribution >= 4 is 23.2 Å². The maximum Gasteiger partial charge on any atom is 0.411 e. The molecule has 0 aliphatic carbocycles. The molecule has 1 heterocycles. The summed E-state index contributed by atoms with van der Waals surface area (Å²) in [4.78, 5) is 13.8. The number of nitrogens with two attached hydrogens (primary N) is 1. The number of aryl methyl sites for hydroxylation is 1. The standard InChI is InChI=1S/C19H23N3O2/c1-3-24-19(23)21-18-7-6-16(11-17(18)20)22-9-8-14-10-13(2)4-5-15(14)12-22/h4-7,10-11H,3,8-9,12,20H2,1-2H3,(H,21,23). The molecule has 24 heavy (non-hydrogen) atoms. The molecule has 3 rings (SSSR count). The fourth-order valence-corrected chi connectivity index (χ4v) is 3.04. The molecule has 0 aromatic heterocycles. The van der Waals surface area contributed by atoms with Crippen LogP contribution < -0.4 is 16.0 Å². The Morgan fingerprint density at radius 1 is 1.25 bits per heavy atom. The molecule has 0 radical (unpaired) electrons. The summed E-state index contributed by atoms with van der Waals surface area (Å²) >= 11 is 0. The fourth-order valence-electron chi connectivity index (χ4n) is 3.04. The first-order valence-electron chi connectivity index (χ1n) is 8.23. The Hall–Kier alpha value is -2.69. The molecule has 0 fully saturated rings. The lowest BCUT2D eigenvalue weighted by molar-refractivity contribution is 0.168. The lowest BCUT2D eigenvalue weighted by atomic mass is 9.97. The van der Waals surface area contributed by atoms with Crippen LogP contribution in [0.2, 0.25) is 0 Å². The van der Waals surface area contributed by atoms with Gasteiger partial charge in [-0.15, -0.1) is 0 Å². The normalized spacial score (nSPS) is 13.3. The van der Waals surface area contributed by atoms with Gasteiger partial charge in [-0.25, -0.2) is 4.79 Å². The summed E-state index contributed by atoms with van der Waals surface area (Å²) in [6, 6.07) is 12.3. The average molecular weight is 325 g/mol. The van der Waals surface area contributed by atoms with Gasteiger partial charge in [-0.05, 0) is 49.6 Å². The van der Waals surface area contributed by atoms with Crippen LogP contribution in [0, 0.1) is 6.92 Å². The van der Waals surface area contributed by atoms with Gasteiger partial charge in [0.2, 0.25) is 0 Å². The Labute approximate surface area is 142 Å². The van der Waals surface area contributed by atoms with E-state index in [-0.39, 0.29) is 0 Å². The summed E-state index contributed by atoms with van der Waals surface area (Å²) in [5.41, 5.74) is 12.4. The summed E-state index contributed by atoms with van der Waals surface area (Å²) in [7, 11) is 0. The van der Waals surface area contributed by atoms with Crippen LogP contribution in [-0.2, 0) is 17.7 Å². The number of hydrogen-bond acceptors (Lipinski definition) is 4. The highest BCUT2D eigenvalue weighted by molar-refractivity contribution is 5.89. The maximum absolute atomic E-state index is 11.5. The number of ether oxygens (including phenoxy) is 1. The van der Waals surface area contributed by atoms with Gasteiger partial charge in [0.15, 0.2) is 0 Å². The molecule has 0 atom stereocenters. The van der Waals surface area contributed by atoms with E-state index in [1.165, 1.54) is 16.7 Å². The summed E-state index contributed by atoms with van der Waals surface area (Å²) in [5, 5.41) is 2.66. The third kappa shape index (κ3) is 3.45. The molecule has 126 valence electrons. The van der Waals surface area contributed by atoms with E-state index in [2.05, 4.69) is 35.3 Å². The van der Waals surface area contributed by atoms with E-state index >= 15 is 0 Å². The second-order valence-electron chi connectivity index (χ2n) is 6.06. The molecule has 0 spiro atoms. The van der Waals surface area contributed by atoms with Crippen LogP contribution in [0.15, 0.2) is 36.4 Å². The van der Waals surface area contributed by atoms with Crippen LogP contribution >= 0.6 is 0 Å². The number of amides is 1. The first-order valence-corrected chi connectivity index (χ1v) is 8.23. The molecule has 2 aromatic rings. The van der Waals surface area contributed by atoms with Gasteiger partial charge in [-0.3, -0.25) is 5.32 Å². The Morgan fingerprint density at radius 2 is 2.08 bits per heavy atom. The second-order valence-corrected chi connectivity index (χ2v) is 6.06. The molecule has 0 unspecified atom stereocenters. The maximum atomic E-state index is 11.5. The zero-order chi connectivity index (χ0) is 17.1. The summed E-state index contributed by atoms with van der Waals surface area (Å²) in [6.45, 7) is 6.06. The van der Waals surface area contributed by atoms with Crippen molar-refractivity contribution in [1.29, 1.82) is 0 Å². The van der Waals surface area contributed by atoms with Crippen molar-refractivity contribution in [2.45, 2.75) is 26.8 Å². The third-order valence-corrected chi connectivity index (χ3v) is 4.29. The Kier molecular flexibility index (Phi) is 4.60. The number of nitrogens with one attached hydrogen (secondary N) is 1. The summed E-state index contributed by atoms with van der Waals surface area (Å²) < 4.78 is 4.88. The molecular formula is C19H23N3O2. The topological polar surface area (TPSA) is 67.6 Å². The smallest absolute Gasteiger partial charge is 0.411 e. The number of hydrogen-bond donors (Lipinski definition) is 2. The number of benzene rings is 2. The highest BCUT2D eigenvalue weighted by Gasteiger charge is 2.17. The Morgan fingerprint density at radius 3 is 2.83 bits per heavy atom. The minimum atomic E-state index is -0.487. The Bertz CT molecular complexity index is 758. The van der Waals surface area contributed by atoms with Crippen molar-refractivity contribution in [2.24, 2.45) is 0 Å². The van der Waals surface area contributed by atoms with E-state index in [9.17, 15) is 4.79 Å². The number of carbonyl (C=O) groups excluding carboxylic acids is 1. The number of nitrogens with zero attached hydrogens (tertiary/aromatic N) is 1. The summed E-state index contributed by atoms with van der Waals surface area (Å²) in [5.74, 6) is 0. The van der Waals surface area contributed by atoms with Gasteiger partial charge in [0, 0.05) is 18.8 Å². The highest BCUT2D eigenvalue weighted by Crippen LogP contribution is 2.29. The number of rotatable bonds is 3. The monoisotopic (exact) mass is 325 g/mol. The third-order valence-electron chi connectivity index (χ3n) is 4.29. The molecule has 2 aromatic carbocycles. The molecule has 1 aliphatic heterocycles. The molecule has 0 saturated carbocycles. The van der Waals surface area contributed by atoms with E-state index in [0.717, 1.165) is 25.2 Å². The van der Waals surface area contributed by atoms with Gasteiger partial charge in [-0.1, -0.05) is 23.8 Å². The van der Waals surface area contributed by atoms with Crippen molar-refractivity contribution in [3.05, 3.63) is 53.1 Å². The van der Waals surface area contributed by atoms with Gasteiger partial charge in [0.05, 0.1) is 18.0 Å². The highest BCUT2D eigenvalue weighted by atomic mass is 16.5. The van der Waals surface area contributed by atoms with Gasteiger partial charge < -0.3 is 15.4 Å².